The van der Waals surface area contributed by atoms with E-state index in [1.54, 1.807) is 20.8 Å². The molecule has 2 aliphatic heterocycles. The molecule has 2 heterocycles. The molecule has 0 N–H and O–H groups in total. The summed E-state index contributed by atoms with van der Waals surface area (Å²) in [5.41, 5.74) is -2.52. The van der Waals surface area contributed by atoms with Crippen LogP contribution in [-0.4, -0.2) is 84.7 Å². The molecule has 8 nitrogen and oxygen atoms in total. The van der Waals surface area contributed by atoms with Gasteiger partial charge in [0.05, 0.1) is 37.3 Å². The van der Waals surface area contributed by atoms with E-state index in [-0.39, 0.29) is 13.2 Å². The summed E-state index contributed by atoms with van der Waals surface area (Å²) in [6, 6.07) is -2.69. The molecule has 0 unspecified atom stereocenters. The Bertz CT molecular complexity index is 713. The van der Waals surface area contributed by atoms with E-state index in [0.29, 0.717) is 0 Å². The Morgan fingerprint density at radius 2 is 1.88 bits per heavy atom. The molecule has 0 aliphatic carbocycles. The summed E-state index contributed by atoms with van der Waals surface area (Å²) in [7, 11) is 0. The number of hydrogen-bond acceptors (Lipinski definition) is 7. The van der Waals surface area contributed by atoms with Crippen LogP contribution in [0.1, 0.15) is 34.6 Å². The first-order valence-corrected chi connectivity index (χ1v) is 10.1. The van der Waals surface area contributed by atoms with Gasteiger partial charge in [-0.15, -0.1) is 0 Å². The summed E-state index contributed by atoms with van der Waals surface area (Å²) < 4.78 is 70.6. The van der Waals surface area contributed by atoms with Crippen molar-refractivity contribution in [2.45, 2.75) is 70.9 Å². The van der Waals surface area contributed by atoms with Gasteiger partial charge in [-0.05, 0) is 34.6 Å². The lowest BCUT2D eigenvalue weighted by Crippen LogP contribution is -2.52. The fraction of sp³-hybridized carbons (Fsp3) is 0.800. The van der Waals surface area contributed by atoms with E-state index in [9.17, 15) is 27.2 Å². The van der Waals surface area contributed by atoms with Gasteiger partial charge < -0.3 is 14.2 Å². The molecule has 0 radical (unpaired) electrons. The van der Waals surface area contributed by atoms with Gasteiger partial charge in [-0.25, -0.2) is 13.6 Å². The zero-order valence-electron chi connectivity index (χ0n) is 18.8. The summed E-state index contributed by atoms with van der Waals surface area (Å²) >= 11 is 0. The van der Waals surface area contributed by atoms with Crippen LogP contribution in [0, 0.1) is 5.41 Å². The van der Waals surface area contributed by atoms with Gasteiger partial charge in [0, 0.05) is 0 Å². The Kier molecular flexibility index (Phi) is 7.83. The number of nitrogens with zero attached hydrogens (tertiary/aromatic N) is 2. The van der Waals surface area contributed by atoms with Crippen molar-refractivity contribution in [3.63, 3.8) is 0 Å². The van der Waals surface area contributed by atoms with Crippen molar-refractivity contribution in [2.24, 2.45) is 5.41 Å². The van der Waals surface area contributed by atoms with Crippen molar-refractivity contribution in [3.8, 4) is 0 Å². The topological polar surface area (TPSA) is 77.5 Å². The molecular weight excluding hydrogens is 440 g/mol. The minimum Gasteiger partial charge on any atom is -0.461 e. The lowest BCUT2D eigenvalue weighted by atomic mass is 9.86. The van der Waals surface area contributed by atoms with Crippen LogP contribution in [0.5, 0.6) is 0 Å². The average Bonchev–Trinajstić information content (AvgIpc) is 3.17. The number of alkyl halides is 4. The van der Waals surface area contributed by atoms with Crippen LogP contribution in [0.25, 0.3) is 0 Å². The summed E-state index contributed by atoms with van der Waals surface area (Å²) in [4.78, 5) is 31.0. The van der Waals surface area contributed by atoms with Gasteiger partial charge in [-0.2, -0.15) is 13.8 Å². The van der Waals surface area contributed by atoms with E-state index < -0.39 is 66.9 Å². The van der Waals surface area contributed by atoms with E-state index in [4.69, 9.17) is 14.3 Å². The van der Waals surface area contributed by atoms with Gasteiger partial charge in [-0.3, -0.25) is 14.5 Å². The van der Waals surface area contributed by atoms with Crippen molar-refractivity contribution in [1.82, 2.24) is 9.96 Å². The minimum absolute atomic E-state index is 0.155. The summed E-state index contributed by atoms with van der Waals surface area (Å²) in [6.07, 6.45) is -1.18. The quantitative estimate of drug-likeness (QED) is 0.306. The maximum Gasteiger partial charge on any atom is 0.410 e. The van der Waals surface area contributed by atoms with Crippen LogP contribution >= 0.6 is 0 Å². The van der Waals surface area contributed by atoms with Crippen LogP contribution in [0.15, 0.2) is 12.7 Å². The number of amides is 1. The SMILES string of the molecule is C=CCOC(=O)C(C)(C)[C@H](CN1OC[C@@H]2[C@H]1C(F)(F)CN2C(=O)OC(C)(C)C)OC(F)F. The molecule has 2 saturated heterocycles. The van der Waals surface area contributed by atoms with E-state index in [1.807, 2.05) is 0 Å². The Morgan fingerprint density at radius 3 is 2.41 bits per heavy atom. The van der Waals surface area contributed by atoms with Gasteiger partial charge in [-0.1, -0.05) is 12.7 Å². The Hall–Kier alpha value is -1.92. The largest absolute Gasteiger partial charge is 0.461 e. The molecule has 3 atom stereocenters. The number of fused-ring (bicyclic) bond motifs is 1. The highest BCUT2D eigenvalue weighted by atomic mass is 19.3. The number of ether oxygens (including phenoxy) is 3. The molecule has 184 valence electrons. The number of esters is 1. The first-order chi connectivity index (χ1) is 14.6. The third-order valence-electron chi connectivity index (χ3n) is 5.20. The molecule has 2 fully saturated rings. The lowest BCUT2D eigenvalue weighted by Gasteiger charge is -2.35. The first-order valence-electron chi connectivity index (χ1n) is 10.1. The lowest BCUT2D eigenvalue weighted by molar-refractivity contribution is -0.241. The monoisotopic (exact) mass is 470 g/mol. The van der Waals surface area contributed by atoms with Crippen molar-refractivity contribution >= 4 is 12.1 Å². The maximum atomic E-state index is 14.9. The second-order valence-electron chi connectivity index (χ2n) is 9.27. The van der Waals surface area contributed by atoms with Crippen molar-refractivity contribution in [2.75, 3.05) is 26.3 Å². The van der Waals surface area contributed by atoms with Crippen molar-refractivity contribution in [3.05, 3.63) is 12.7 Å². The standard InChI is InChI=1S/C20H30F4N2O6/c1-7-8-29-15(27)19(5,6)13(31-16(21)22)9-26-14-12(10-30-26)25(11-20(14,23)24)17(28)32-18(2,3)4/h7,12-14,16H,1,8-11H2,2-6H3/t12-,13+,14+/m1/s1. The zero-order chi connectivity index (χ0) is 24.5. The molecule has 2 rings (SSSR count). The predicted octanol–water partition coefficient (Wildman–Crippen LogP) is 3.22. The number of carbonyl (C=O) groups excluding carboxylic acids is 2. The van der Waals surface area contributed by atoms with E-state index in [0.717, 1.165) is 9.96 Å². The Morgan fingerprint density at radius 1 is 1.25 bits per heavy atom. The summed E-state index contributed by atoms with van der Waals surface area (Å²) in [6.45, 7) is 5.61. The molecule has 32 heavy (non-hydrogen) atoms. The van der Waals surface area contributed by atoms with Gasteiger partial charge in [0.25, 0.3) is 5.92 Å². The van der Waals surface area contributed by atoms with Crippen LogP contribution in [0.3, 0.4) is 0 Å². The number of rotatable bonds is 8. The van der Waals surface area contributed by atoms with Crippen molar-refractivity contribution < 1.29 is 46.2 Å². The molecule has 2 aliphatic rings. The van der Waals surface area contributed by atoms with Crippen LogP contribution in [-0.2, 0) is 23.8 Å². The third kappa shape index (κ3) is 5.90. The highest BCUT2D eigenvalue weighted by molar-refractivity contribution is 5.76. The fourth-order valence-corrected chi connectivity index (χ4v) is 3.59. The van der Waals surface area contributed by atoms with E-state index in [1.165, 1.54) is 19.9 Å². The second kappa shape index (κ2) is 9.52. The van der Waals surface area contributed by atoms with Gasteiger partial charge >= 0.3 is 18.7 Å². The number of carbonyl (C=O) groups is 2. The van der Waals surface area contributed by atoms with Gasteiger partial charge in [0.15, 0.2) is 0 Å². The van der Waals surface area contributed by atoms with Crippen LogP contribution < -0.4 is 0 Å². The molecule has 0 saturated carbocycles. The maximum absolute atomic E-state index is 14.9. The number of halogens is 4. The van der Waals surface area contributed by atoms with E-state index >= 15 is 0 Å². The van der Waals surface area contributed by atoms with Gasteiger partial charge in [0.2, 0.25) is 0 Å². The summed E-state index contributed by atoms with van der Waals surface area (Å²) in [5, 5.41) is 0.810. The summed E-state index contributed by atoms with van der Waals surface area (Å²) in [5.74, 6) is -4.28. The zero-order valence-corrected chi connectivity index (χ0v) is 18.8. The average molecular weight is 470 g/mol. The second-order valence-corrected chi connectivity index (χ2v) is 9.27. The normalized spacial score (nSPS) is 24.4. The smallest absolute Gasteiger partial charge is 0.410 e. The first kappa shape index (κ1) is 26.3. The number of hydroxylamine groups is 2. The Labute approximate surface area is 184 Å². The van der Waals surface area contributed by atoms with Crippen LogP contribution in [0.4, 0.5) is 22.4 Å². The van der Waals surface area contributed by atoms with Crippen LogP contribution in [0.2, 0.25) is 0 Å². The highest BCUT2D eigenvalue weighted by Gasteiger charge is 2.63. The van der Waals surface area contributed by atoms with Crippen molar-refractivity contribution in [1.29, 1.82) is 0 Å². The number of hydrogen-bond donors (Lipinski definition) is 0. The fourth-order valence-electron chi connectivity index (χ4n) is 3.59. The van der Waals surface area contributed by atoms with Gasteiger partial charge in [0.1, 0.15) is 18.2 Å². The number of likely N-dealkylation sites (tertiary alicyclic amines) is 1. The molecule has 0 aromatic rings. The third-order valence-corrected chi connectivity index (χ3v) is 5.20. The highest BCUT2D eigenvalue weighted by Crippen LogP contribution is 2.42. The molecular formula is C20H30F4N2O6. The van der Waals surface area contributed by atoms with E-state index in [2.05, 4.69) is 11.3 Å². The molecule has 0 aromatic heterocycles. The predicted molar refractivity (Wildman–Crippen MR) is 104 cm³/mol. The molecule has 0 aromatic carbocycles. The minimum atomic E-state index is -3.42. The molecule has 1 amide bonds. The molecule has 0 bridgehead atoms. The molecule has 12 heteroatoms. The molecule has 0 spiro atoms. The Balaban J connectivity index is 2.22.